The molecule has 1 unspecified atom stereocenters. The van der Waals surface area contributed by atoms with Gasteiger partial charge in [0.2, 0.25) is 5.91 Å². The van der Waals surface area contributed by atoms with Gasteiger partial charge in [-0.05, 0) is 43.5 Å². The average molecular weight is 325 g/mol. The lowest BCUT2D eigenvalue weighted by Gasteiger charge is -2.21. The Morgan fingerprint density at radius 3 is 2.54 bits per heavy atom. The van der Waals surface area contributed by atoms with Crippen LogP contribution in [0.25, 0.3) is 0 Å². The molecule has 1 amide bonds. The molecule has 0 radical (unpaired) electrons. The van der Waals surface area contributed by atoms with Crippen LogP contribution in [-0.4, -0.2) is 19.1 Å². The fourth-order valence-corrected chi connectivity index (χ4v) is 2.74. The molecule has 0 aromatic heterocycles. The minimum Gasteiger partial charge on any atom is -0.486 e. The standard InChI is InChI=1S/C20H23NO3/c1-14-3-5-16(6-4-14)7-10-20(22)21-15(2)17-8-9-18-19(13-17)24-12-11-23-18/h3-6,8-9,13,15H,7,10-12H2,1-2H3,(H,21,22). The number of rotatable bonds is 5. The Morgan fingerprint density at radius 2 is 1.79 bits per heavy atom. The maximum absolute atomic E-state index is 12.2. The largest absolute Gasteiger partial charge is 0.486 e. The normalized spacial score (nSPS) is 14.1. The fourth-order valence-electron chi connectivity index (χ4n) is 2.74. The SMILES string of the molecule is Cc1ccc(CCC(=O)NC(C)c2ccc3c(c2)OCCO3)cc1. The number of amides is 1. The van der Waals surface area contributed by atoms with Gasteiger partial charge in [0, 0.05) is 6.42 Å². The molecule has 3 rings (SSSR count). The minimum atomic E-state index is -0.0636. The highest BCUT2D eigenvalue weighted by molar-refractivity contribution is 5.76. The monoisotopic (exact) mass is 325 g/mol. The summed E-state index contributed by atoms with van der Waals surface area (Å²) in [5.74, 6) is 1.57. The van der Waals surface area contributed by atoms with Crippen LogP contribution in [0.1, 0.15) is 36.1 Å². The van der Waals surface area contributed by atoms with E-state index in [1.807, 2.05) is 25.1 Å². The van der Waals surface area contributed by atoms with E-state index < -0.39 is 0 Å². The maximum Gasteiger partial charge on any atom is 0.220 e. The lowest BCUT2D eigenvalue weighted by molar-refractivity contribution is -0.121. The molecular formula is C20H23NO3. The summed E-state index contributed by atoms with van der Waals surface area (Å²) in [6.07, 6.45) is 1.23. The quantitative estimate of drug-likeness (QED) is 0.914. The molecule has 0 fully saturated rings. The summed E-state index contributed by atoms with van der Waals surface area (Å²) in [6, 6.07) is 14.1. The molecule has 0 saturated carbocycles. The summed E-state index contributed by atoms with van der Waals surface area (Å²) in [5.41, 5.74) is 3.43. The van der Waals surface area contributed by atoms with Crippen LogP contribution in [0.15, 0.2) is 42.5 Å². The van der Waals surface area contributed by atoms with E-state index in [0.29, 0.717) is 19.6 Å². The zero-order valence-corrected chi connectivity index (χ0v) is 14.2. The number of hydrogen-bond donors (Lipinski definition) is 1. The third-order valence-corrected chi connectivity index (χ3v) is 4.21. The van der Waals surface area contributed by atoms with Gasteiger partial charge in [0.15, 0.2) is 11.5 Å². The summed E-state index contributed by atoms with van der Waals surface area (Å²) in [6.45, 7) is 5.19. The molecule has 1 aliphatic rings. The highest BCUT2D eigenvalue weighted by Gasteiger charge is 2.15. The van der Waals surface area contributed by atoms with E-state index >= 15 is 0 Å². The van der Waals surface area contributed by atoms with Crippen molar-refractivity contribution in [3.63, 3.8) is 0 Å². The molecule has 4 heteroatoms. The molecule has 1 aliphatic heterocycles. The molecule has 1 heterocycles. The van der Waals surface area contributed by atoms with Gasteiger partial charge in [-0.2, -0.15) is 0 Å². The molecule has 126 valence electrons. The molecule has 2 aromatic rings. The first kappa shape index (κ1) is 16.4. The van der Waals surface area contributed by atoms with Gasteiger partial charge in [0.05, 0.1) is 6.04 Å². The Balaban J connectivity index is 1.55. The van der Waals surface area contributed by atoms with Gasteiger partial charge in [0.25, 0.3) is 0 Å². The van der Waals surface area contributed by atoms with Crippen molar-refractivity contribution in [2.45, 2.75) is 32.7 Å². The Kier molecular flexibility index (Phi) is 5.04. The number of benzene rings is 2. The second-order valence-electron chi connectivity index (χ2n) is 6.18. The maximum atomic E-state index is 12.2. The zero-order valence-electron chi connectivity index (χ0n) is 14.2. The van der Waals surface area contributed by atoms with Crippen LogP contribution in [0.4, 0.5) is 0 Å². The topological polar surface area (TPSA) is 47.6 Å². The van der Waals surface area contributed by atoms with E-state index in [0.717, 1.165) is 23.5 Å². The predicted octanol–water partition coefficient (Wildman–Crippen LogP) is 3.58. The van der Waals surface area contributed by atoms with E-state index in [1.54, 1.807) is 0 Å². The number of ether oxygens (including phenoxy) is 2. The van der Waals surface area contributed by atoms with Crippen LogP contribution in [0.3, 0.4) is 0 Å². The van der Waals surface area contributed by atoms with Gasteiger partial charge in [-0.3, -0.25) is 4.79 Å². The molecule has 1 N–H and O–H groups in total. The first-order chi connectivity index (χ1) is 11.6. The Morgan fingerprint density at radius 1 is 1.08 bits per heavy atom. The molecule has 0 aliphatic carbocycles. The zero-order chi connectivity index (χ0) is 16.9. The van der Waals surface area contributed by atoms with Crippen molar-refractivity contribution >= 4 is 5.91 Å². The van der Waals surface area contributed by atoms with Gasteiger partial charge in [-0.15, -0.1) is 0 Å². The van der Waals surface area contributed by atoms with E-state index in [2.05, 4.69) is 36.5 Å². The summed E-state index contributed by atoms with van der Waals surface area (Å²) in [5, 5.41) is 3.05. The number of carbonyl (C=O) groups is 1. The second-order valence-corrected chi connectivity index (χ2v) is 6.18. The van der Waals surface area contributed by atoms with Crippen molar-refractivity contribution in [3.8, 4) is 11.5 Å². The second kappa shape index (κ2) is 7.39. The highest BCUT2D eigenvalue weighted by atomic mass is 16.6. The van der Waals surface area contributed by atoms with Crippen molar-refractivity contribution in [3.05, 3.63) is 59.2 Å². The average Bonchev–Trinajstić information content (AvgIpc) is 2.61. The van der Waals surface area contributed by atoms with E-state index in [9.17, 15) is 4.79 Å². The van der Waals surface area contributed by atoms with Crippen LogP contribution in [0, 0.1) is 6.92 Å². The van der Waals surface area contributed by atoms with Gasteiger partial charge in [-0.25, -0.2) is 0 Å². The molecule has 2 aromatic carbocycles. The van der Waals surface area contributed by atoms with Gasteiger partial charge >= 0.3 is 0 Å². The summed E-state index contributed by atoms with van der Waals surface area (Å²) >= 11 is 0. The predicted molar refractivity (Wildman–Crippen MR) is 93.5 cm³/mol. The number of fused-ring (bicyclic) bond motifs is 1. The molecule has 4 nitrogen and oxygen atoms in total. The Hall–Kier alpha value is -2.49. The number of nitrogens with one attached hydrogen (secondary N) is 1. The molecular weight excluding hydrogens is 302 g/mol. The van der Waals surface area contributed by atoms with Crippen LogP contribution in [0.2, 0.25) is 0 Å². The van der Waals surface area contributed by atoms with Crippen LogP contribution in [0.5, 0.6) is 11.5 Å². The lowest BCUT2D eigenvalue weighted by Crippen LogP contribution is -2.27. The first-order valence-electron chi connectivity index (χ1n) is 8.36. The fraction of sp³-hybridized carbons (Fsp3) is 0.350. The third kappa shape index (κ3) is 4.07. The molecule has 0 saturated heterocycles. The van der Waals surface area contributed by atoms with Crippen LogP contribution in [-0.2, 0) is 11.2 Å². The van der Waals surface area contributed by atoms with Gasteiger partial charge in [0.1, 0.15) is 13.2 Å². The number of carbonyl (C=O) groups excluding carboxylic acids is 1. The molecule has 24 heavy (non-hydrogen) atoms. The van der Waals surface area contributed by atoms with Crippen molar-refractivity contribution < 1.29 is 14.3 Å². The van der Waals surface area contributed by atoms with Crippen LogP contribution < -0.4 is 14.8 Å². The number of hydrogen-bond acceptors (Lipinski definition) is 3. The smallest absolute Gasteiger partial charge is 0.220 e. The molecule has 1 atom stereocenters. The summed E-state index contributed by atoms with van der Waals surface area (Å²) in [7, 11) is 0. The lowest BCUT2D eigenvalue weighted by atomic mass is 10.1. The summed E-state index contributed by atoms with van der Waals surface area (Å²) in [4.78, 5) is 12.2. The van der Waals surface area contributed by atoms with Crippen molar-refractivity contribution in [1.82, 2.24) is 5.32 Å². The first-order valence-corrected chi connectivity index (χ1v) is 8.36. The summed E-state index contributed by atoms with van der Waals surface area (Å²) < 4.78 is 11.1. The highest BCUT2D eigenvalue weighted by Crippen LogP contribution is 2.32. The van der Waals surface area contributed by atoms with E-state index in [-0.39, 0.29) is 11.9 Å². The van der Waals surface area contributed by atoms with Crippen LogP contribution >= 0.6 is 0 Å². The number of aryl methyl sites for hydroxylation is 2. The molecule has 0 bridgehead atoms. The minimum absolute atomic E-state index is 0.0537. The Labute approximate surface area is 142 Å². The van der Waals surface area contributed by atoms with Crippen molar-refractivity contribution in [1.29, 1.82) is 0 Å². The van der Waals surface area contributed by atoms with Crippen molar-refractivity contribution in [2.24, 2.45) is 0 Å². The Bertz CT molecular complexity index is 709. The van der Waals surface area contributed by atoms with E-state index in [1.165, 1.54) is 11.1 Å². The van der Waals surface area contributed by atoms with E-state index in [4.69, 9.17) is 9.47 Å². The van der Waals surface area contributed by atoms with Gasteiger partial charge < -0.3 is 14.8 Å². The molecule has 0 spiro atoms. The van der Waals surface area contributed by atoms with Crippen molar-refractivity contribution in [2.75, 3.05) is 13.2 Å². The third-order valence-electron chi connectivity index (χ3n) is 4.21. The van der Waals surface area contributed by atoms with Gasteiger partial charge in [-0.1, -0.05) is 35.9 Å².